The number of ether oxygens (including phenoxy) is 1. The number of esters is 1. The lowest BCUT2D eigenvalue weighted by Gasteiger charge is -2.35. The minimum absolute atomic E-state index is 0. The van der Waals surface area contributed by atoms with Gasteiger partial charge in [-0.15, -0.1) is 12.4 Å². The van der Waals surface area contributed by atoms with E-state index < -0.39 is 6.04 Å². The lowest BCUT2D eigenvalue weighted by atomic mass is 9.73. The standard InChI is InChI=1S/C21H31NO2.ClH/c1-15-20(17-10-5-6-11-17)18(14-16-8-3-2-4-9-16)12-7-13-19(22)21(23)24-15;/h2-4,8-9,15,17-20H,5-7,10-14,22H2,1H3;1H/t15-,18+,19-,20+;/m0./s1. The van der Waals surface area contributed by atoms with Crippen LogP contribution >= 0.6 is 12.4 Å². The Kier molecular flexibility index (Phi) is 7.77. The Balaban J connectivity index is 0.00000225. The number of cyclic esters (lactones) is 1. The average Bonchev–Trinajstić information content (AvgIpc) is 3.09. The molecule has 0 spiro atoms. The molecule has 1 saturated carbocycles. The van der Waals surface area contributed by atoms with Crippen LogP contribution in [0.4, 0.5) is 0 Å². The summed E-state index contributed by atoms with van der Waals surface area (Å²) in [5.41, 5.74) is 7.40. The van der Waals surface area contributed by atoms with Crippen LogP contribution in [0.25, 0.3) is 0 Å². The van der Waals surface area contributed by atoms with Crippen molar-refractivity contribution >= 4 is 18.4 Å². The van der Waals surface area contributed by atoms with Gasteiger partial charge in [0.2, 0.25) is 0 Å². The van der Waals surface area contributed by atoms with Crippen molar-refractivity contribution in [3.63, 3.8) is 0 Å². The number of hydrogen-bond acceptors (Lipinski definition) is 3. The summed E-state index contributed by atoms with van der Waals surface area (Å²) >= 11 is 0. The molecule has 4 heteroatoms. The highest BCUT2D eigenvalue weighted by Crippen LogP contribution is 2.41. The fraction of sp³-hybridized carbons (Fsp3) is 0.667. The summed E-state index contributed by atoms with van der Waals surface area (Å²) in [6.07, 6.45) is 9.16. The van der Waals surface area contributed by atoms with Crippen molar-refractivity contribution in [2.24, 2.45) is 23.5 Å². The third-order valence-corrected chi connectivity index (χ3v) is 6.07. The first-order valence-electron chi connectivity index (χ1n) is 9.65. The number of benzene rings is 1. The van der Waals surface area contributed by atoms with Crippen molar-refractivity contribution in [3.8, 4) is 0 Å². The Morgan fingerprint density at radius 1 is 1.04 bits per heavy atom. The van der Waals surface area contributed by atoms with Crippen molar-refractivity contribution in [1.82, 2.24) is 0 Å². The van der Waals surface area contributed by atoms with Crippen LogP contribution in [0, 0.1) is 17.8 Å². The molecule has 0 bridgehead atoms. The number of carbonyl (C=O) groups is 1. The summed E-state index contributed by atoms with van der Waals surface area (Å²) in [6, 6.07) is 10.3. The quantitative estimate of drug-likeness (QED) is 0.801. The maximum atomic E-state index is 12.2. The molecule has 4 atom stereocenters. The monoisotopic (exact) mass is 365 g/mol. The molecule has 1 aromatic carbocycles. The average molecular weight is 366 g/mol. The summed E-state index contributed by atoms with van der Waals surface area (Å²) in [4.78, 5) is 12.2. The van der Waals surface area contributed by atoms with Crippen molar-refractivity contribution < 1.29 is 9.53 Å². The van der Waals surface area contributed by atoms with Gasteiger partial charge in [-0.1, -0.05) is 62.4 Å². The largest absolute Gasteiger partial charge is 0.461 e. The van der Waals surface area contributed by atoms with Gasteiger partial charge >= 0.3 is 5.97 Å². The zero-order chi connectivity index (χ0) is 16.9. The SMILES string of the molecule is C[C@@H]1OC(=O)[C@@H](N)CCC[C@H](Cc2ccccc2)[C@H]1C1CCCC1.Cl. The highest BCUT2D eigenvalue weighted by Gasteiger charge is 2.38. The van der Waals surface area contributed by atoms with Gasteiger partial charge in [-0.25, -0.2) is 0 Å². The molecule has 1 aromatic rings. The summed E-state index contributed by atoms with van der Waals surface area (Å²) < 4.78 is 5.81. The molecule has 2 N–H and O–H groups in total. The molecular formula is C21H32ClNO2. The summed E-state index contributed by atoms with van der Waals surface area (Å²) in [5.74, 6) is 1.52. The molecule has 1 saturated heterocycles. The molecule has 0 amide bonds. The third-order valence-electron chi connectivity index (χ3n) is 6.07. The molecule has 1 aliphatic carbocycles. The van der Waals surface area contributed by atoms with Gasteiger partial charge in [0.1, 0.15) is 12.1 Å². The number of nitrogens with two attached hydrogens (primary N) is 1. The van der Waals surface area contributed by atoms with Crippen molar-refractivity contribution in [3.05, 3.63) is 35.9 Å². The van der Waals surface area contributed by atoms with E-state index in [-0.39, 0.29) is 24.5 Å². The lowest BCUT2D eigenvalue weighted by molar-refractivity contribution is -0.154. The van der Waals surface area contributed by atoms with E-state index in [0.717, 1.165) is 25.7 Å². The maximum absolute atomic E-state index is 12.2. The first kappa shape index (κ1) is 20.3. The van der Waals surface area contributed by atoms with E-state index in [1.807, 2.05) is 0 Å². The van der Waals surface area contributed by atoms with Gasteiger partial charge in [-0.3, -0.25) is 4.79 Å². The zero-order valence-corrected chi connectivity index (χ0v) is 16.0. The number of carbonyl (C=O) groups excluding carboxylic acids is 1. The van der Waals surface area contributed by atoms with Crippen LogP contribution in [0.1, 0.15) is 57.4 Å². The molecule has 2 fully saturated rings. The summed E-state index contributed by atoms with van der Waals surface area (Å²) in [6.45, 7) is 2.09. The molecule has 3 rings (SSSR count). The maximum Gasteiger partial charge on any atom is 0.323 e. The Labute approximate surface area is 158 Å². The molecule has 3 nitrogen and oxygen atoms in total. The Morgan fingerprint density at radius 2 is 1.72 bits per heavy atom. The number of rotatable bonds is 3. The molecule has 2 aliphatic rings. The lowest BCUT2D eigenvalue weighted by Crippen LogP contribution is -2.38. The van der Waals surface area contributed by atoms with Crippen LogP contribution in [-0.4, -0.2) is 18.1 Å². The number of hydrogen-bond donors (Lipinski definition) is 1. The third kappa shape index (κ3) is 5.21. The van der Waals surface area contributed by atoms with Crippen molar-refractivity contribution in [2.45, 2.75) is 70.4 Å². The fourth-order valence-electron chi connectivity index (χ4n) is 4.91. The van der Waals surface area contributed by atoms with Gasteiger partial charge in [0, 0.05) is 5.92 Å². The zero-order valence-electron chi connectivity index (χ0n) is 15.2. The predicted octanol–water partition coefficient (Wildman–Crippen LogP) is 4.52. The fourth-order valence-corrected chi connectivity index (χ4v) is 4.91. The van der Waals surface area contributed by atoms with E-state index in [9.17, 15) is 4.79 Å². The topological polar surface area (TPSA) is 52.3 Å². The molecular weight excluding hydrogens is 334 g/mol. The van der Waals surface area contributed by atoms with Crippen LogP contribution in [0.3, 0.4) is 0 Å². The Hall–Kier alpha value is -1.06. The van der Waals surface area contributed by atoms with E-state index >= 15 is 0 Å². The van der Waals surface area contributed by atoms with Gasteiger partial charge in [0.15, 0.2) is 0 Å². The summed E-state index contributed by atoms with van der Waals surface area (Å²) in [7, 11) is 0. The first-order chi connectivity index (χ1) is 11.6. The van der Waals surface area contributed by atoms with Gasteiger partial charge in [0.05, 0.1) is 0 Å². The number of halogens is 1. The van der Waals surface area contributed by atoms with Crippen LogP contribution in [0.15, 0.2) is 30.3 Å². The van der Waals surface area contributed by atoms with Gasteiger partial charge < -0.3 is 10.5 Å². The van der Waals surface area contributed by atoms with E-state index in [1.54, 1.807) is 0 Å². The van der Waals surface area contributed by atoms with Crippen molar-refractivity contribution in [1.29, 1.82) is 0 Å². The van der Waals surface area contributed by atoms with Crippen LogP contribution in [-0.2, 0) is 16.0 Å². The van der Waals surface area contributed by atoms with E-state index in [1.165, 1.54) is 31.2 Å². The minimum atomic E-state index is -0.452. The van der Waals surface area contributed by atoms with Gasteiger partial charge in [-0.2, -0.15) is 0 Å². The smallest absolute Gasteiger partial charge is 0.323 e. The van der Waals surface area contributed by atoms with E-state index in [0.29, 0.717) is 17.8 Å². The Morgan fingerprint density at radius 3 is 2.40 bits per heavy atom. The molecule has 140 valence electrons. The van der Waals surface area contributed by atoms with Crippen LogP contribution < -0.4 is 5.73 Å². The normalized spacial score (nSPS) is 31.4. The second-order valence-electron chi connectivity index (χ2n) is 7.75. The van der Waals surface area contributed by atoms with Crippen molar-refractivity contribution in [2.75, 3.05) is 0 Å². The van der Waals surface area contributed by atoms with E-state index in [4.69, 9.17) is 10.5 Å². The first-order valence-corrected chi connectivity index (χ1v) is 9.65. The molecule has 0 unspecified atom stereocenters. The second-order valence-corrected chi connectivity index (χ2v) is 7.75. The molecule has 1 aliphatic heterocycles. The Bertz CT molecular complexity index is 530. The molecule has 1 heterocycles. The van der Waals surface area contributed by atoms with E-state index in [2.05, 4.69) is 37.3 Å². The van der Waals surface area contributed by atoms with Crippen LogP contribution in [0.5, 0.6) is 0 Å². The molecule has 25 heavy (non-hydrogen) atoms. The highest BCUT2D eigenvalue weighted by atomic mass is 35.5. The van der Waals surface area contributed by atoms with Gasteiger partial charge in [-0.05, 0) is 43.6 Å². The van der Waals surface area contributed by atoms with Crippen LogP contribution in [0.2, 0.25) is 0 Å². The highest BCUT2D eigenvalue weighted by molar-refractivity contribution is 5.85. The van der Waals surface area contributed by atoms with Gasteiger partial charge in [0.25, 0.3) is 0 Å². The molecule has 0 aromatic heterocycles. The molecule has 0 radical (unpaired) electrons. The minimum Gasteiger partial charge on any atom is -0.461 e. The predicted molar refractivity (Wildman–Crippen MR) is 104 cm³/mol. The summed E-state index contributed by atoms with van der Waals surface area (Å²) in [5, 5.41) is 0. The second kappa shape index (κ2) is 9.59.